The van der Waals surface area contributed by atoms with Crippen molar-refractivity contribution in [3.8, 4) is 11.5 Å². The summed E-state index contributed by atoms with van der Waals surface area (Å²) in [6.45, 7) is 0. The number of methoxy groups -OCH3 is 1. The van der Waals surface area contributed by atoms with Crippen LogP contribution in [0.25, 0.3) is 0 Å². The minimum atomic E-state index is -0.989. The van der Waals surface area contributed by atoms with Crippen molar-refractivity contribution in [2.45, 2.75) is 38.0 Å². The molecule has 0 saturated heterocycles. The molecule has 0 spiro atoms. The Labute approximate surface area is 146 Å². The highest BCUT2D eigenvalue weighted by atomic mass is 16.5. The molecule has 1 aliphatic carbocycles. The van der Waals surface area contributed by atoms with Gasteiger partial charge in [-0.05, 0) is 43.9 Å². The van der Waals surface area contributed by atoms with Gasteiger partial charge in [0.2, 0.25) is 0 Å². The first-order chi connectivity index (χ1) is 12.2. The van der Waals surface area contributed by atoms with Crippen LogP contribution in [0.2, 0.25) is 0 Å². The van der Waals surface area contributed by atoms with E-state index in [4.69, 9.17) is 9.47 Å². The van der Waals surface area contributed by atoms with E-state index in [0.717, 1.165) is 12.8 Å². The first kappa shape index (κ1) is 16.0. The Balaban J connectivity index is 1.68. The molecule has 1 N–H and O–H groups in total. The molecule has 1 heterocycles. The number of fused-ring (bicyclic) bond motifs is 1. The van der Waals surface area contributed by atoms with Crippen LogP contribution in [0.5, 0.6) is 11.5 Å². The van der Waals surface area contributed by atoms with Crippen molar-refractivity contribution >= 4 is 11.6 Å². The molecule has 1 unspecified atom stereocenters. The Morgan fingerprint density at radius 2 is 1.84 bits per heavy atom. The van der Waals surface area contributed by atoms with E-state index in [0.29, 0.717) is 28.3 Å². The molecule has 1 saturated carbocycles. The van der Waals surface area contributed by atoms with E-state index in [1.54, 1.807) is 43.5 Å². The third-order valence-corrected chi connectivity index (χ3v) is 4.95. The van der Waals surface area contributed by atoms with Gasteiger partial charge in [0.1, 0.15) is 0 Å². The largest absolute Gasteiger partial charge is 0.493 e. The lowest BCUT2D eigenvalue weighted by Crippen LogP contribution is -2.27. The lowest BCUT2D eigenvalue weighted by molar-refractivity contribution is 0.0935. The zero-order valence-electron chi connectivity index (χ0n) is 14.1. The van der Waals surface area contributed by atoms with Crippen LogP contribution in [0, 0.1) is 0 Å². The smallest absolute Gasteiger partial charge is 0.261 e. The van der Waals surface area contributed by atoms with Crippen LogP contribution < -0.4 is 14.4 Å². The molecule has 1 aliphatic heterocycles. The Hall–Kier alpha value is -2.53. The number of nitrogens with zero attached hydrogens (tertiary/aromatic N) is 1. The number of hydrogen-bond donors (Lipinski definition) is 1. The fraction of sp³-hybridized carbons (Fsp3) is 0.350. The summed E-state index contributed by atoms with van der Waals surface area (Å²) in [5, 5.41) is 10.6. The van der Waals surface area contributed by atoms with Gasteiger partial charge in [0.15, 0.2) is 17.7 Å². The second kappa shape index (κ2) is 6.41. The number of carbonyl (C=O) groups excluding carboxylic acids is 1. The number of anilines is 1. The molecular formula is C20H21NO4. The molecular weight excluding hydrogens is 318 g/mol. The monoisotopic (exact) mass is 339 g/mol. The Bertz CT molecular complexity index is 798. The third kappa shape index (κ3) is 2.74. The van der Waals surface area contributed by atoms with Gasteiger partial charge >= 0.3 is 0 Å². The van der Waals surface area contributed by atoms with Crippen LogP contribution in [-0.2, 0) is 0 Å². The van der Waals surface area contributed by atoms with Crippen molar-refractivity contribution in [2.75, 3.05) is 12.0 Å². The molecule has 2 aliphatic rings. The van der Waals surface area contributed by atoms with E-state index < -0.39 is 6.23 Å². The van der Waals surface area contributed by atoms with Crippen LogP contribution in [0.4, 0.5) is 5.69 Å². The van der Waals surface area contributed by atoms with Gasteiger partial charge in [0.05, 0.1) is 18.9 Å². The zero-order valence-corrected chi connectivity index (χ0v) is 14.1. The predicted molar refractivity (Wildman–Crippen MR) is 94.1 cm³/mol. The van der Waals surface area contributed by atoms with E-state index >= 15 is 0 Å². The van der Waals surface area contributed by atoms with E-state index in [9.17, 15) is 9.90 Å². The maximum atomic E-state index is 12.7. The lowest BCUT2D eigenvalue weighted by atomic mass is 10.1. The van der Waals surface area contributed by atoms with Crippen molar-refractivity contribution in [1.82, 2.24) is 0 Å². The first-order valence-corrected chi connectivity index (χ1v) is 8.64. The van der Waals surface area contributed by atoms with Crippen molar-refractivity contribution in [1.29, 1.82) is 0 Å². The van der Waals surface area contributed by atoms with Crippen molar-refractivity contribution in [2.24, 2.45) is 0 Å². The van der Waals surface area contributed by atoms with Crippen molar-refractivity contribution < 1.29 is 19.4 Å². The second-order valence-corrected chi connectivity index (χ2v) is 6.50. The van der Waals surface area contributed by atoms with Crippen LogP contribution in [-0.4, -0.2) is 24.2 Å². The summed E-state index contributed by atoms with van der Waals surface area (Å²) in [6, 6.07) is 12.5. The SMILES string of the molecule is COc1ccc(N2C(=O)c3ccccc3C2O)cc1OC1CCCC1. The lowest BCUT2D eigenvalue weighted by Gasteiger charge is -2.23. The van der Waals surface area contributed by atoms with Crippen LogP contribution in [0.15, 0.2) is 42.5 Å². The summed E-state index contributed by atoms with van der Waals surface area (Å²) in [5.74, 6) is 1.04. The van der Waals surface area contributed by atoms with E-state index in [2.05, 4.69) is 0 Å². The highest BCUT2D eigenvalue weighted by molar-refractivity contribution is 6.10. The third-order valence-electron chi connectivity index (χ3n) is 4.95. The van der Waals surface area contributed by atoms with Gasteiger partial charge in [0.25, 0.3) is 5.91 Å². The zero-order chi connectivity index (χ0) is 17.4. The fourth-order valence-electron chi connectivity index (χ4n) is 3.65. The van der Waals surface area contributed by atoms with Gasteiger partial charge in [-0.2, -0.15) is 0 Å². The maximum Gasteiger partial charge on any atom is 0.261 e. The second-order valence-electron chi connectivity index (χ2n) is 6.50. The summed E-state index contributed by atoms with van der Waals surface area (Å²) in [4.78, 5) is 14.1. The van der Waals surface area contributed by atoms with Gasteiger partial charge < -0.3 is 14.6 Å². The average molecular weight is 339 g/mol. The number of carbonyl (C=O) groups is 1. The van der Waals surface area contributed by atoms with Crippen LogP contribution >= 0.6 is 0 Å². The van der Waals surface area contributed by atoms with Gasteiger partial charge in [0, 0.05) is 17.2 Å². The number of aliphatic hydroxyl groups is 1. The minimum absolute atomic E-state index is 0.181. The van der Waals surface area contributed by atoms with Gasteiger partial charge in [-0.15, -0.1) is 0 Å². The number of hydrogen-bond acceptors (Lipinski definition) is 4. The number of aliphatic hydroxyl groups excluding tert-OH is 1. The molecule has 2 aromatic carbocycles. The summed E-state index contributed by atoms with van der Waals surface area (Å²) < 4.78 is 11.5. The molecule has 0 radical (unpaired) electrons. The van der Waals surface area contributed by atoms with Crippen LogP contribution in [0.1, 0.15) is 47.8 Å². The summed E-state index contributed by atoms with van der Waals surface area (Å²) >= 11 is 0. The quantitative estimate of drug-likeness (QED) is 0.923. The predicted octanol–water partition coefficient (Wildman–Crippen LogP) is 3.67. The van der Waals surface area contributed by atoms with E-state index in [1.807, 2.05) is 6.07 Å². The van der Waals surface area contributed by atoms with Crippen molar-refractivity contribution in [3.05, 3.63) is 53.6 Å². The Kier molecular flexibility index (Phi) is 4.09. The van der Waals surface area contributed by atoms with Gasteiger partial charge in [-0.25, -0.2) is 0 Å². The molecule has 1 atom stereocenters. The number of rotatable bonds is 4. The molecule has 25 heavy (non-hydrogen) atoms. The van der Waals surface area contributed by atoms with Gasteiger partial charge in [-0.1, -0.05) is 18.2 Å². The highest BCUT2D eigenvalue weighted by Crippen LogP contribution is 2.40. The molecule has 1 amide bonds. The van der Waals surface area contributed by atoms with E-state index in [1.165, 1.54) is 17.7 Å². The van der Waals surface area contributed by atoms with Crippen LogP contribution in [0.3, 0.4) is 0 Å². The average Bonchev–Trinajstić information content (AvgIpc) is 3.23. The molecule has 2 aromatic rings. The summed E-state index contributed by atoms with van der Waals surface area (Å²) in [5.41, 5.74) is 1.76. The summed E-state index contributed by atoms with van der Waals surface area (Å²) in [7, 11) is 1.60. The molecule has 4 rings (SSSR count). The van der Waals surface area contributed by atoms with E-state index in [-0.39, 0.29) is 12.0 Å². The molecule has 1 fully saturated rings. The van der Waals surface area contributed by atoms with Crippen molar-refractivity contribution in [3.63, 3.8) is 0 Å². The topological polar surface area (TPSA) is 59.0 Å². The molecule has 5 nitrogen and oxygen atoms in total. The Morgan fingerprint density at radius 1 is 1.08 bits per heavy atom. The molecule has 130 valence electrons. The molecule has 0 aromatic heterocycles. The number of benzene rings is 2. The fourth-order valence-corrected chi connectivity index (χ4v) is 3.65. The number of amides is 1. The normalized spacial score (nSPS) is 20.0. The number of ether oxygens (including phenoxy) is 2. The highest BCUT2D eigenvalue weighted by Gasteiger charge is 2.36. The van der Waals surface area contributed by atoms with Gasteiger partial charge in [-0.3, -0.25) is 9.69 Å². The molecule has 5 heteroatoms. The Morgan fingerprint density at radius 3 is 2.56 bits per heavy atom. The minimum Gasteiger partial charge on any atom is -0.493 e. The first-order valence-electron chi connectivity index (χ1n) is 8.64. The molecule has 0 bridgehead atoms. The standard InChI is InChI=1S/C20H21NO4/c1-24-17-11-10-13(12-18(17)25-14-6-2-3-7-14)21-19(22)15-8-4-5-9-16(15)20(21)23/h4-5,8-12,14,19,22H,2-3,6-7H2,1H3. The summed E-state index contributed by atoms with van der Waals surface area (Å²) in [6.07, 6.45) is 3.60. The maximum absolute atomic E-state index is 12.7.